The molecule has 1 saturated heterocycles. The van der Waals surface area contributed by atoms with E-state index in [0.717, 1.165) is 5.92 Å². The summed E-state index contributed by atoms with van der Waals surface area (Å²) in [5, 5.41) is 0. The van der Waals surface area contributed by atoms with E-state index in [-0.39, 0.29) is 17.8 Å². The van der Waals surface area contributed by atoms with Crippen LogP contribution in [0.4, 0.5) is 0 Å². The number of fused-ring (bicyclic) bond motifs is 8. The Morgan fingerprint density at radius 2 is 1.52 bits per heavy atom. The van der Waals surface area contributed by atoms with E-state index in [9.17, 15) is 0 Å². The van der Waals surface area contributed by atoms with Crippen LogP contribution in [-0.4, -0.2) is 30.7 Å². The Kier molecular flexibility index (Phi) is 4.01. The van der Waals surface area contributed by atoms with Crippen molar-refractivity contribution >= 4 is 0 Å². The van der Waals surface area contributed by atoms with E-state index in [1.165, 1.54) is 51.4 Å². The summed E-state index contributed by atoms with van der Waals surface area (Å²) >= 11 is 0. The zero-order chi connectivity index (χ0) is 19.2. The molecule has 0 aromatic rings. The summed E-state index contributed by atoms with van der Waals surface area (Å²) in [5.41, 5.74) is 0.785. The predicted octanol–water partition coefficient (Wildman–Crippen LogP) is 5.56. The lowest BCUT2D eigenvalue weighted by Gasteiger charge is -2.63. The highest BCUT2D eigenvalue weighted by atomic mass is 16.8. The first-order valence-electron chi connectivity index (χ1n) is 11.5. The van der Waals surface area contributed by atoms with Crippen molar-refractivity contribution in [2.75, 3.05) is 7.11 Å². The first-order chi connectivity index (χ1) is 12.6. The van der Waals surface area contributed by atoms with Crippen molar-refractivity contribution in [1.82, 2.24) is 0 Å². The van der Waals surface area contributed by atoms with Crippen molar-refractivity contribution in [1.29, 1.82) is 0 Å². The van der Waals surface area contributed by atoms with Crippen molar-refractivity contribution in [2.45, 2.75) is 110 Å². The molecule has 0 amide bonds. The second kappa shape index (κ2) is 5.73. The zero-order valence-corrected chi connectivity index (χ0v) is 18.3. The van der Waals surface area contributed by atoms with Crippen molar-refractivity contribution in [3.8, 4) is 0 Å². The summed E-state index contributed by atoms with van der Waals surface area (Å²) in [4.78, 5) is 0. The van der Waals surface area contributed by atoms with Crippen LogP contribution >= 0.6 is 0 Å². The molecule has 0 aromatic heterocycles. The highest BCUT2D eigenvalue weighted by Gasteiger charge is 2.70. The standard InChI is InChI=1S/C24H40O3/c1-21(2)26-18-16-9-7-8-11-23(16,4)15-10-12-22(3)13-14-24(5,25-6)20(22)17(15)19(18)27-21/h15-20H,7-14H2,1-6H3/t15?,16?,17?,18?,19?,20?,22-,23-,24-/m1/s1. The molecule has 5 rings (SSSR count). The molecular weight excluding hydrogens is 336 g/mol. The SMILES string of the molecule is CO[C@]1(C)CC[C@@]2(C)CCC3C(C4OC(C)(C)OC4C4CCCC[C@@]43C)C21. The summed E-state index contributed by atoms with van der Waals surface area (Å²) in [7, 11) is 1.94. The summed E-state index contributed by atoms with van der Waals surface area (Å²) in [6.45, 7) is 11.8. The Morgan fingerprint density at radius 1 is 0.778 bits per heavy atom. The Labute approximate surface area is 165 Å². The smallest absolute Gasteiger partial charge is 0.163 e. The zero-order valence-electron chi connectivity index (χ0n) is 18.3. The molecule has 0 bridgehead atoms. The van der Waals surface area contributed by atoms with Gasteiger partial charge in [-0.1, -0.05) is 26.7 Å². The van der Waals surface area contributed by atoms with Crippen LogP contribution in [0, 0.1) is 34.5 Å². The number of hydrogen-bond acceptors (Lipinski definition) is 3. The lowest BCUT2D eigenvalue weighted by atomic mass is 9.43. The first kappa shape index (κ1) is 18.9. The fourth-order valence-electron chi connectivity index (χ4n) is 8.87. The predicted molar refractivity (Wildman–Crippen MR) is 106 cm³/mol. The molecule has 1 heterocycles. The van der Waals surface area contributed by atoms with Gasteiger partial charge in [0.1, 0.15) is 0 Å². The van der Waals surface area contributed by atoms with Crippen LogP contribution in [0.25, 0.3) is 0 Å². The molecule has 5 aliphatic rings. The molecule has 0 N–H and O–H groups in total. The number of methoxy groups -OCH3 is 1. The summed E-state index contributed by atoms with van der Waals surface area (Å²) in [6, 6.07) is 0. The van der Waals surface area contributed by atoms with Crippen LogP contribution in [0.1, 0.15) is 86.0 Å². The van der Waals surface area contributed by atoms with Crippen LogP contribution in [0.15, 0.2) is 0 Å². The Bertz CT molecular complexity index is 607. The Hall–Kier alpha value is -0.120. The molecule has 1 aliphatic heterocycles. The molecule has 4 aliphatic carbocycles. The van der Waals surface area contributed by atoms with Gasteiger partial charge in [-0.05, 0) is 93.8 Å². The molecule has 5 fully saturated rings. The Morgan fingerprint density at radius 3 is 2.26 bits per heavy atom. The highest BCUT2D eigenvalue weighted by molar-refractivity contribution is 5.17. The Balaban J connectivity index is 1.63. The first-order valence-corrected chi connectivity index (χ1v) is 11.5. The van der Waals surface area contributed by atoms with Crippen LogP contribution in [0.3, 0.4) is 0 Å². The lowest BCUT2D eigenvalue weighted by Crippen LogP contribution is -2.64. The molecule has 0 aromatic carbocycles. The van der Waals surface area contributed by atoms with Gasteiger partial charge in [0.05, 0.1) is 17.8 Å². The summed E-state index contributed by atoms with van der Waals surface area (Å²) in [6.07, 6.45) is 11.2. The molecule has 154 valence electrons. The molecule has 27 heavy (non-hydrogen) atoms. The molecule has 3 nitrogen and oxygen atoms in total. The summed E-state index contributed by atoms with van der Waals surface area (Å²) < 4.78 is 19.6. The fraction of sp³-hybridized carbons (Fsp3) is 1.00. The molecule has 4 saturated carbocycles. The normalized spacial score (nSPS) is 58.9. The maximum absolute atomic E-state index is 6.73. The van der Waals surface area contributed by atoms with E-state index >= 15 is 0 Å². The topological polar surface area (TPSA) is 27.7 Å². The fourth-order valence-corrected chi connectivity index (χ4v) is 8.87. The van der Waals surface area contributed by atoms with Gasteiger partial charge in [0.25, 0.3) is 0 Å². The minimum absolute atomic E-state index is 0.0173. The van der Waals surface area contributed by atoms with Crippen molar-refractivity contribution in [3.05, 3.63) is 0 Å². The van der Waals surface area contributed by atoms with Gasteiger partial charge < -0.3 is 14.2 Å². The van der Waals surface area contributed by atoms with E-state index in [2.05, 4.69) is 34.6 Å². The lowest BCUT2D eigenvalue weighted by molar-refractivity contribution is -0.205. The minimum atomic E-state index is -0.446. The van der Waals surface area contributed by atoms with Gasteiger partial charge >= 0.3 is 0 Å². The quantitative estimate of drug-likeness (QED) is 0.599. The van der Waals surface area contributed by atoms with Gasteiger partial charge in [0.2, 0.25) is 0 Å². The molecule has 0 spiro atoms. The maximum Gasteiger partial charge on any atom is 0.163 e. The second-order valence-corrected chi connectivity index (χ2v) is 11.8. The van der Waals surface area contributed by atoms with Gasteiger partial charge in [-0.15, -0.1) is 0 Å². The maximum atomic E-state index is 6.73. The third kappa shape index (κ3) is 2.43. The van der Waals surface area contributed by atoms with E-state index in [0.29, 0.717) is 28.6 Å². The largest absolute Gasteiger partial charge is 0.378 e. The molecule has 3 heteroatoms. The van der Waals surface area contributed by atoms with E-state index in [1.807, 2.05) is 7.11 Å². The second-order valence-electron chi connectivity index (χ2n) is 11.8. The monoisotopic (exact) mass is 376 g/mol. The van der Waals surface area contributed by atoms with Crippen LogP contribution in [0.2, 0.25) is 0 Å². The summed E-state index contributed by atoms with van der Waals surface area (Å²) in [5.74, 6) is 2.13. The van der Waals surface area contributed by atoms with Gasteiger partial charge in [-0.3, -0.25) is 0 Å². The van der Waals surface area contributed by atoms with Gasteiger partial charge in [0.15, 0.2) is 5.79 Å². The molecule has 6 unspecified atom stereocenters. The van der Waals surface area contributed by atoms with Gasteiger partial charge in [-0.25, -0.2) is 0 Å². The number of rotatable bonds is 1. The number of ether oxygens (including phenoxy) is 3. The molecule has 9 atom stereocenters. The van der Waals surface area contributed by atoms with Crippen LogP contribution in [0.5, 0.6) is 0 Å². The number of hydrogen-bond donors (Lipinski definition) is 0. The van der Waals surface area contributed by atoms with Gasteiger partial charge in [0, 0.05) is 7.11 Å². The highest BCUT2D eigenvalue weighted by Crippen LogP contribution is 2.70. The van der Waals surface area contributed by atoms with Crippen molar-refractivity contribution in [3.63, 3.8) is 0 Å². The average molecular weight is 377 g/mol. The van der Waals surface area contributed by atoms with E-state index < -0.39 is 5.79 Å². The molecule has 0 radical (unpaired) electrons. The average Bonchev–Trinajstić information content (AvgIpc) is 3.08. The van der Waals surface area contributed by atoms with Crippen molar-refractivity contribution < 1.29 is 14.2 Å². The van der Waals surface area contributed by atoms with E-state index in [1.54, 1.807) is 0 Å². The van der Waals surface area contributed by atoms with Crippen molar-refractivity contribution in [2.24, 2.45) is 34.5 Å². The molecular formula is C24H40O3. The van der Waals surface area contributed by atoms with Crippen LogP contribution < -0.4 is 0 Å². The third-order valence-electron chi connectivity index (χ3n) is 10.1. The minimum Gasteiger partial charge on any atom is -0.378 e. The van der Waals surface area contributed by atoms with E-state index in [4.69, 9.17) is 14.2 Å². The third-order valence-corrected chi connectivity index (χ3v) is 10.1. The van der Waals surface area contributed by atoms with Crippen LogP contribution in [-0.2, 0) is 14.2 Å². The van der Waals surface area contributed by atoms with Gasteiger partial charge in [-0.2, -0.15) is 0 Å².